The van der Waals surface area contributed by atoms with Crippen LogP contribution in [-0.4, -0.2) is 44.7 Å². The number of hydrogen-bond donors (Lipinski definition) is 1. The number of aromatic carboxylic acids is 1. The third-order valence-corrected chi connectivity index (χ3v) is 6.43. The van der Waals surface area contributed by atoms with E-state index in [1.165, 1.54) is 12.3 Å². The molecule has 0 spiro atoms. The van der Waals surface area contributed by atoms with Crippen molar-refractivity contribution in [2.75, 3.05) is 13.2 Å². The predicted molar refractivity (Wildman–Crippen MR) is 119 cm³/mol. The summed E-state index contributed by atoms with van der Waals surface area (Å²) in [7, 11) is 0. The van der Waals surface area contributed by atoms with E-state index in [2.05, 4.69) is 20.8 Å². The van der Waals surface area contributed by atoms with Crippen molar-refractivity contribution >= 4 is 16.9 Å². The number of aromatic nitrogens is 3. The minimum absolute atomic E-state index is 0.0714. The lowest BCUT2D eigenvalue weighted by Crippen LogP contribution is -2.35. The van der Waals surface area contributed by atoms with Crippen LogP contribution in [0.15, 0.2) is 35.3 Å². The fraction of sp³-hybridized carbons (Fsp3) is 0.458. The summed E-state index contributed by atoms with van der Waals surface area (Å²) in [6, 6.07) is 7.20. The zero-order valence-corrected chi connectivity index (χ0v) is 18.5. The molecule has 0 radical (unpaired) electrons. The lowest BCUT2D eigenvalue weighted by atomic mass is 9.85. The van der Waals surface area contributed by atoms with Crippen LogP contribution in [-0.2, 0) is 11.3 Å². The van der Waals surface area contributed by atoms with Gasteiger partial charge in [0.05, 0.1) is 37.2 Å². The summed E-state index contributed by atoms with van der Waals surface area (Å²) in [5.41, 5.74) is 1.34. The van der Waals surface area contributed by atoms with Crippen molar-refractivity contribution in [1.82, 2.24) is 14.3 Å². The smallest absolute Gasteiger partial charge is 0.341 e. The molecule has 1 saturated heterocycles. The van der Waals surface area contributed by atoms with Gasteiger partial charge in [-0.2, -0.15) is 5.10 Å². The Balaban J connectivity index is 1.70. The predicted octanol–water partition coefficient (Wildman–Crippen LogP) is 3.72. The fourth-order valence-electron chi connectivity index (χ4n) is 4.70. The van der Waals surface area contributed by atoms with Gasteiger partial charge in [-0.15, -0.1) is 0 Å². The third kappa shape index (κ3) is 3.39. The minimum Gasteiger partial charge on any atom is -0.488 e. The van der Waals surface area contributed by atoms with E-state index in [9.17, 15) is 14.7 Å². The number of ether oxygens (including phenoxy) is 2. The lowest BCUT2D eigenvalue weighted by molar-refractivity contribution is 0.0261. The van der Waals surface area contributed by atoms with Gasteiger partial charge in [0.2, 0.25) is 0 Å². The highest BCUT2D eigenvalue weighted by Crippen LogP contribution is 2.43. The molecule has 1 atom stereocenters. The molecule has 2 aliphatic heterocycles. The maximum atomic E-state index is 12.6. The van der Waals surface area contributed by atoms with Crippen LogP contribution in [0.1, 0.15) is 50.0 Å². The first-order valence-corrected chi connectivity index (χ1v) is 11.0. The molecule has 1 N–H and O–H groups in total. The molecule has 0 aliphatic carbocycles. The molecule has 3 aromatic rings. The summed E-state index contributed by atoms with van der Waals surface area (Å²) >= 11 is 0. The van der Waals surface area contributed by atoms with Crippen molar-refractivity contribution in [2.45, 2.75) is 52.3 Å². The molecular weight excluding hydrogens is 410 g/mol. The van der Waals surface area contributed by atoms with E-state index in [0.717, 1.165) is 35.2 Å². The zero-order valence-electron chi connectivity index (χ0n) is 18.5. The number of nitrogens with zero attached hydrogens (tertiary/aromatic N) is 3. The zero-order chi connectivity index (χ0) is 22.6. The number of hydrogen-bond acceptors (Lipinski definition) is 5. The average Bonchev–Trinajstić information content (AvgIpc) is 3.12. The topological polar surface area (TPSA) is 95.6 Å². The SMILES string of the molecule is CC(C)(C)C1Cn2nc3c(OC4CCOCC4)cccc3c2-c2cc(=O)c(C(=O)O)cn21. The Labute approximate surface area is 185 Å². The second-order valence-electron chi connectivity index (χ2n) is 9.64. The molecule has 5 rings (SSSR count). The van der Waals surface area contributed by atoms with Gasteiger partial charge in [0.15, 0.2) is 5.43 Å². The van der Waals surface area contributed by atoms with E-state index >= 15 is 0 Å². The monoisotopic (exact) mass is 437 g/mol. The molecule has 0 amide bonds. The van der Waals surface area contributed by atoms with Crippen LogP contribution in [0.4, 0.5) is 0 Å². The van der Waals surface area contributed by atoms with Gasteiger partial charge in [-0.25, -0.2) is 4.79 Å². The standard InChI is InChI=1S/C24H27N3O5/c1-24(2,3)20-13-27-22(17-11-18(28)16(23(29)30)12-26(17)20)15-5-4-6-19(21(15)25-27)32-14-7-9-31-10-8-14/h4-6,11-12,14,20H,7-10,13H2,1-3H3,(H,29,30). The summed E-state index contributed by atoms with van der Waals surface area (Å²) < 4.78 is 15.6. The van der Waals surface area contributed by atoms with Gasteiger partial charge in [-0.1, -0.05) is 32.9 Å². The van der Waals surface area contributed by atoms with Gasteiger partial charge >= 0.3 is 5.97 Å². The highest BCUT2D eigenvalue weighted by molar-refractivity contribution is 5.96. The first-order valence-electron chi connectivity index (χ1n) is 11.0. The van der Waals surface area contributed by atoms with Crippen molar-refractivity contribution < 1.29 is 19.4 Å². The molecule has 8 nitrogen and oxygen atoms in total. The summed E-state index contributed by atoms with van der Waals surface area (Å²) in [5.74, 6) is -0.492. The summed E-state index contributed by atoms with van der Waals surface area (Å²) in [5, 5.41) is 15.3. The Bertz CT molecular complexity index is 1260. The van der Waals surface area contributed by atoms with Gasteiger partial charge in [0.1, 0.15) is 22.9 Å². The van der Waals surface area contributed by atoms with Crippen molar-refractivity contribution in [1.29, 1.82) is 0 Å². The maximum absolute atomic E-state index is 12.6. The van der Waals surface area contributed by atoms with Crippen molar-refractivity contribution in [2.24, 2.45) is 5.41 Å². The Morgan fingerprint density at radius 2 is 2.00 bits per heavy atom. The largest absolute Gasteiger partial charge is 0.488 e. The maximum Gasteiger partial charge on any atom is 0.341 e. The quantitative estimate of drug-likeness (QED) is 0.671. The van der Waals surface area contributed by atoms with Gasteiger partial charge in [-0.05, 0) is 11.5 Å². The number of rotatable bonds is 3. The van der Waals surface area contributed by atoms with Crippen LogP contribution in [0.3, 0.4) is 0 Å². The molecule has 0 bridgehead atoms. The van der Waals surface area contributed by atoms with Gasteiger partial charge in [-0.3, -0.25) is 9.48 Å². The van der Waals surface area contributed by atoms with E-state index in [1.807, 2.05) is 27.4 Å². The lowest BCUT2D eigenvalue weighted by Gasteiger charge is -2.38. The molecule has 2 aromatic heterocycles. The number of carboxylic acids is 1. The Morgan fingerprint density at radius 1 is 1.25 bits per heavy atom. The normalized spacial score (nSPS) is 18.9. The van der Waals surface area contributed by atoms with Gasteiger partial charge in [0, 0.05) is 30.5 Å². The van der Waals surface area contributed by atoms with E-state index in [0.29, 0.717) is 25.5 Å². The van der Waals surface area contributed by atoms with Crippen LogP contribution in [0, 0.1) is 5.41 Å². The molecule has 2 aliphatic rings. The summed E-state index contributed by atoms with van der Waals surface area (Å²) in [6.07, 6.45) is 3.25. The highest BCUT2D eigenvalue weighted by Gasteiger charge is 2.35. The number of fused-ring (bicyclic) bond motifs is 5. The van der Waals surface area contributed by atoms with E-state index in [1.54, 1.807) is 0 Å². The van der Waals surface area contributed by atoms with Crippen molar-refractivity contribution in [3.8, 4) is 17.1 Å². The Hall–Kier alpha value is -3.13. The second-order valence-corrected chi connectivity index (χ2v) is 9.64. The number of pyridine rings is 1. The molecule has 4 heterocycles. The first kappa shape index (κ1) is 20.8. The van der Waals surface area contributed by atoms with Gasteiger partial charge in [0.25, 0.3) is 0 Å². The molecule has 1 aromatic carbocycles. The van der Waals surface area contributed by atoms with E-state index in [-0.39, 0.29) is 23.1 Å². The molecular formula is C24H27N3O5. The van der Waals surface area contributed by atoms with Crippen LogP contribution in [0.5, 0.6) is 5.75 Å². The van der Waals surface area contributed by atoms with Gasteiger partial charge < -0.3 is 19.1 Å². The molecule has 8 heteroatoms. The minimum atomic E-state index is -1.21. The molecule has 1 fully saturated rings. The fourth-order valence-corrected chi connectivity index (χ4v) is 4.70. The molecule has 0 saturated carbocycles. The van der Waals surface area contributed by atoms with Crippen LogP contribution >= 0.6 is 0 Å². The van der Waals surface area contributed by atoms with Crippen molar-refractivity contribution in [3.05, 3.63) is 46.2 Å². The summed E-state index contributed by atoms with van der Waals surface area (Å²) in [6.45, 7) is 8.26. The van der Waals surface area contributed by atoms with Crippen LogP contribution in [0.2, 0.25) is 0 Å². The summed E-state index contributed by atoms with van der Waals surface area (Å²) in [4.78, 5) is 24.3. The Kier molecular flexibility index (Phi) is 4.85. The first-order chi connectivity index (χ1) is 15.2. The Morgan fingerprint density at radius 3 is 2.69 bits per heavy atom. The molecule has 168 valence electrons. The average molecular weight is 437 g/mol. The van der Waals surface area contributed by atoms with Crippen LogP contribution < -0.4 is 10.2 Å². The van der Waals surface area contributed by atoms with E-state index in [4.69, 9.17) is 14.6 Å². The highest BCUT2D eigenvalue weighted by atomic mass is 16.5. The van der Waals surface area contributed by atoms with Crippen molar-refractivity contribution in [3.63, 3.8) is 0 Å². The van der Waals surface area contributed by atoms with Crippen LogP contribution in [0.25, 0.3) is 22.3 Å². The molecule has 1 unspecified atom stereocenters. The van der Waals surface area contributed by atoms with E-state index < -0.39 is 11.4 Å². The number of carbonyl (C=O) groups is 1. The third-order valence-electron chi connectivity index (χ3n) is 6.43. The number of carboxylic acid groups (broad SMARTS) is 1. The number of benzene rings is 1. The second kappa shape index (κ2) is 7.48. The molecule has 32 heavy (non-hydrogen) atoms.